The summed E-state index contributed by atoms with van der Waals surface area (Å²) in [6.07, 6.45) is 2.91. The van der Waals surface area contributed by atoms with Crippen molar-refractivity contribution in [1.29, 1.82) is 0 Å². The lowest BCUT2D eigenvalue weighted by Crippen LogP contribution is -2.08. The van der Waals surface area contributed by atoms with Gasteiger partial charge >= 0.3 is 0 Å². The zero-order valence-corrected chi connectivity index (χ0v) is 21.1. The molecule has 0 saturated heterocycles. The van der Waals surface area contributed by atoms with Crippen LogP contribution in [-0.4, -0.2) is 4.98 Å². The lowest BCUT2D eigenvalue weighted by Gasteiger charge is -2.18. The van der Waals surface area contributed by atoms with E-state index >= 15 is 0 Å². The van der Waals surface area contributed by atoms with Crippen molar-refractivity contribution in [2.45, 2.75) is 53.9 Å². The fourth-order valence-corrected chi connectivity index (χ4v) is 4.87. The SMILES string of the molecule is Cc1ccc2c(C(C)C)cc(-c3nccc4oc(-c5ccc(CC(C)(C)C)cc5)cc34)cc2c1. The molecule has 0 unspecified atom stereocenters. The minimum absolute atomic E-state index is 0.273. The molecule has 0 N–H and O–H groups in total. The molecule has 172 valence electrons. The molecule has 2 aromatic heterocycles. The number of aromatic nitrogens is 1. The summed E-state index contributed by atoms with van der Waals surface area (Å²) >= 11 is 0. The van der Waals surface area contributed by atoms with Crippen LogP contribution in [0.15, 0.2) is 77.3 Å². The highest BCUT2D eigenvalue weighted by molar-refractivity contribution is 5.98. The van der Waals surface area contributed by atoms with Crippen LogP contribution < -0.4 is 0 Å². The Bertz CT molecular complexity index is 1480. The minimum Gasteiger partial charge on any atom is -0.456 e. The number of nitrogens with zero attached hydrogens (tertiary/aromatic N) is 1. The number of fused-ring (bicyclic) bond motifs is 2. The number of aryl methyl sites for hydroxylation is 1. The number of hydrogen-bond donors (Lipinski definition) is 0. The van der Waals surface area contributed by atoms with Crippen LogP contribution in [0.1, 0.15) is 57.2 Å². The van der Waals surface area contributed by atoms with E-state index in [1.165, 1.54) is 27.5 Å². The summed E-state index contributed by atoms with van der Waals surface area (Å²) in [6, 6.07) is 24.2. The molecule has 0 fully saturated rings. The molecule has 34 heavy (non-hydrogen) atoms. The first-order valence-corrected chi connectivity index (χ1v) is 12.2. The second-order valence-corrected chi connectivity index (χ2v) is 11.1. The smallest absolute Gasteiger partial charge is 0.138 e. The zero-order chi connectivity index (χ0) is 24.0. The fraction of sp³-hybridized carbons (Fsp3) is 0.281. The Morgan fingerprint density at radius 3 is 2.29 bits per heavy atom. The molecule has 0 atom stereocenters. The Labute approximate surface area is 202 Å². The van der Waals surface area contributed by atoms with Crippen LogP contribution in [0, 0.1) is 12.3 Å². The first kappa shape index (κ1) is 22.4. The van der Waals surface area contributed by atoms with Crippen molar-refractivity contribution < 1.29 is 4.42 Å². The van der Waals surface area contributed by atoms with Crippen molar-refractivity contribution >= 4 is 21.7 Å². The molecule has 0 aliphatic heterocycles. The quantitative estimate of drug-likeness (QED) is 0.274. The van der Waals surface area contributed by atoms with Crippen LogP contribution >= 0.6 is 0 Å². The zero-order valence-electron chi connectivity index (χ0n) is 21.1. The average molecular weight is 448 g/mol. The maximum absolute atomic E-state index is 6.30. The van der Waals surface area contributed by atoms with E-state index in [4.69, 9.17) is 9.40 Å². The predicted molar refractivity (Wildman–Crippen MR) is 144 cm³/mol. The summed E-state index contributed by atoms with van der Waals surface area (Å²) in [5.74, 6) is 1.31. The molecular weight excluding hydrogens is 414 g/mol. The Balaban J connectivity index is 1.61. The van der Waals surface area contributed by atoms with Gasteiger partial charge in [0.15, 0.2) is 0 Å². The summed E-state index contributed by atoms with van der Waals surface area (Å²) in [7, 11) is 0. The van der Waals surface area contributed by atoms with Gasteiger partial charge in [0.1, 0.15) is 11.3 Å². The highest BCUT2D eigenvalue weighted by atomic mass is 16.3. The minimum atomic E-state index is 0.273. The Kier molecular flexibility index (Phi) is 5.56. The molecule has 2 heteroatoms. The number of pyridine rings is 1. The second kappa shape index (κ2) is 8.43. The third-order valence-corrected chi connectivity index (χ3v) is 6.45. The van der Waals surface area contributed by atoms with Crippen molar-refractivity contribution in [3.8, 4) is 22.6 Å². The molecule has 0 spiro atoms. The molecule has 0 radical (unpaired) electrons. The van der Waals surface area contributed by atoms with Crippen LogP contribution in [0.3, 0.4) is 0 Å². The predicted octanol–water partition coefficient (Wildman–Crippen LogP) is 9.34. The number of rotatable bonds is 4. The van der Waals surface area contributed by atoms with E-state index in [2.05, 4.69) is 102 Å². The Morgan fingerprint density at radius 1 is 0.824 bits per heavy atom. The van der Waals surface area contributed by atoms with Crippen molar-refractivity contribution in [1.82, 2.24) is 4.98 Å². The number of hydrogen-bond acceptors (Lipinski definition) is 2. The summed E-state index contributed by atoms with van der Waals surface area (Å²) in [6.45, 7) is 13.5. The molecule has 5 aromatic rings. The third kappa shape index (κ3) is 4.37. The van der Waals surface area contributed by atoms with Crippen molar-refractivity contribution in [2.75, 3.05) is 0 Å². The molecule has 2 heterocycles. The number of furan rings is 1. The largest absolute Gasteiger partial charge is 0.456 e. The lowest BCUT2D eigenvalue weighted by molar-refractivity contribution is 0.411. The van der Waals surface area contributed by atoms with Crippen LogP contribution in [-0.2, 0) is 6.42 Å². The summed E-state index contributed by atoms with van der Waals surface area (Å²) in [4.78, 5) is 4.81. The maximum atomic E-state index is 6.30. The highest BCUT2D eigenvalue weighted by Gasteiger charge is 2.16. The van der Waals surface area contributed by atoms with E-state index < -0.39 is 0 Å². The molecular formula is C32H33NO. The van der Waals surface area contributed by atoms with E-state index in [0.717, 1.165) is 40.0 Å². The van der Waals surface area contributed by atoms with Crippen molar-refractivity contribution in [3.63, 3.8) is 0 Å². The summed E-state index contributed by atoms with van der Waals surface area (Å²) < 4.78 is 6.30. The van der Waals surface area contributed by atoms with Gasteiger partial charge in [-0.3, -0.25) is 4.98 Å². The average Bonchev–Trinajstić information content (AvgIpc) is 3.22. The molecule has 2 nitrogen and oxygen atoms in total. The third-order valence-electron chi connectivity index (χ3n) is 6.45. The molecule has 0 saturated carbocycles. The van der Waals surface area contributed by atoms with Gasteiger partial charge in [-0.2, -0.15) is 0 Å². The topological polar surface area (TPSA) is 26.0 Å². The molecule has 5 rings (SSSR count). The van der Waals surface area contributed by atoms with Gasteiger partial charge < -0.3 is 4.42 Å². The van der Waals surface area contributed by atoms with Crippen molar-refractivity contribution in [2.24, 2.45) is 5.41 Å². The van der Waals surface area contributed by atoms with E-state index in [9.17, 15) is 0 Å². The van der Waals surface area contributed by atoms with Gasteiger partial charge in [0.25, 0.3) is 0 Å². The molecule has 0 aliphatic rings. The van der Waals surface area contributed by atoms with Crippen LogP contribution in [0.5, 0.6) is 0 Å². The van der Waals surface area contributed by atoms with E-state index in [0.29, 0.717) is 5.92 Å². The van der Waals surface area contributed by atoms with Crippen LogP contribution in [0.25, 0.3) is 44.3 Å². The monoisotopic (exact) mass is 447 g/mol. The fourth-order valence-electron chi connectivity index (χ4n) is 4.87. The van der Waals surface area contributed by atoms with E-state index in [1.807, 2.05) is 12.3 Å². The lowest BCUT2D eigenvalue weighted by atomic mass is 9.88. The van der Waals surface area contributed by atoms with Crippen molar-refractivity contribution in [3.05, 3.63) is 89.6 Å². The van der Waals surface area contributed by atoms with E-state index in [1.54, 1.807) is 0 Å². The Morgan fingerprint density at radius 2 is 1.59 bits per heavy atom. The Hall–Kier alpha value is -3.39. The van der Waals surface area contributed by atoms with E-state index in [-0.39, 0.29) is 5.41 Å². The van der Waals surface area contributed by atoms with Gasteiger partial charge in [0, 0.05) is 22.7 Å². The van der Waals surface area contributed by atoms with Gasteiger partial charge in [-0.15, -0.1) is 0 Å². The molecule has 3 aromatic carbocycles. The first-order valence-electron chi connectivity index (χ1n) is 12.2. The highest BCUT2D eigenvalue weighted by Crippen LogP contribution is 2.37. The molecule has 0 amide bonds. The van der Waals surface area contributed by atoms with Crippen LogP contribution in [0.2, 0.25) is 0 Å². The van der Waals surface area contributed by atoms with Gasteiger partial charge in [-0.1, -0.05) is 82.6 Å². The molecule has 0 aliphatic carbocycles. The molecule has 0 bridgehead atoms. The van der Waals surface area contributed by atoms with Gasteiger partial charge in [0.05, 0.1) is 5.69 Å². The standard InChI is InChI=1S/C32H33NO/c1-20(2)27-17-25(16-24-15-21(3)7-12-26(24)27)31-28-18-30(34-29(28)13-14-33-31)23-10-8-22(9-11-23)19-32(4,5)6/h7-18,20H,19H2,1-6H3. The first-order chi connectivity index (χ1) is 16.2. The van der Waals surface area contributed by atoms with Gasteiger partial charge in [0.2, 0.25) is 0 Å². The second-order valence-electron chi connectivity index (χ2n) is 11.1. The number of benzene rings is 3. The summed E-state index contributed by atoms with van der Waals surface area (Å²) in [5.41, 5.74) is 8.32. The van der Waals surface area contributed by atoms with Gasteiger partial charge in [-0.25, -0.2) is 0 Å². The normalized spacial score (nSPS) is 12.2. The van der Waals surface area contributed by atoms with Crippen LogP contribution in [0.4, 0.5) is 0 Å². The van der Waals surface area contributed by atoms with Gasteiger partial charge in [-0.05, 0) is 70.8 Å². The maximum Gasteiger partial charge on any atom is 0.138 e. The summed E-state index contributed by atoms with van der Waals surface area (Å²) in [5, 5.41) is 3.64.